The lowest BCUT2D eigenvalue weighted by molar-refractivity contribution is 0.218. The Morgan fingerprint density at radius 1 is 1.24 bits per heavy atom. The normalized spacial score (nSPS) is 17.1. The second-order valence-electron chi connectivity index (χ2n) is 4.69. The third-order valence-corrected chi connectivity index (χ3v) is 3.42. The summed E-state index contributed by atoms with van der Waals surface area (Å²) in [6.45, 7) is 3.99. The number of hydrogen-bond acceptors (Lipinski definition) is 3. The zero-order valence-electron chi connectivity index (χ0n) is 10.6. The van der Waals surface area contributed by atoms with Crippen molar-refractivity contribution in [2.24, 2.45) is 5.73 Å². The number of likely N-dealkylation sites (tertiary alicyclic amines) is 1. The van der Waals surface area contributed by atoms with Crippen LogP contribution in [-0.4, -0.2) is 25.1 Å². The van der Waals surface area contributed by atoms with Gasteiger partial charge in [0.05, 0.1) is 7.11 Å². The first-order chi connectivity index (χ1) is 8.33. The van der Waals surface area contributed by atoms with E-state index in [2.05, 4.69) is 11.0 Å². The Kier molecular flexibility index (Phi) is 4.40. The second kappa shape index (κ2) is 6.03. The van der Waals surface area contributed by atoms with Crippen molar-refractivity contribution < 1.29 is 4.74 Å². The minimum absolute atomic E-state index is 0.594. The first kappa shape index (κ1) is 12.4. The number of methoxy groups -OCH3 is 1. The summed E-state index contributed by atoms with van der Waals surface area (Å²) < 4.78 is 5.42. The van der Waals surface area contributed by atoms with Crippen LogP contribution in [0.1, 0.15) is 30.4 Å². The SMILES string of the molecule is COc1ccc(CN)cc1CN1CCCCC1. The van der Waals surface area contributed by atoms with Crippen LogP contribution in [0.15, 0.2) is 18.2 Å². The monoisotopic (exact) mass is 234 g/mol. The molecule has 2 rings (SSSR count). The van der Waals surface area contributed by atoms with Gasteiger partial charge in [-0.2, -0.15) is 0 Å². The minimum atomic E-state index is 0.594. The lowest BCUT2D eigenvalue weighted by Gasteiger charge is -2.27. The van der Waals surface area contributed by atoms with Crippen LogP contribution in [0.5, 0.6) is 5.75 Å². The van der Waals surface area contributed by atoms with Gasteiger partial charge in [0.1, 0.15) is 5.75 Å². The van der Waals surface area contributed by atoms with Crippen LogP contribution in [0, 0.1) is 0 Å². The van der Waals surface area contributed by atoms with Gasteiger partial charge in [0, 0.05) is 18.7 Å². The average Bonchev–Trinajstić information content (AvgIpc) is 2.40. The summed E-state index contributed by atoms with van der Waals surface area (Å²) in [5, 5.41) is 0. The van der Waals surface area contributed by atoms with E-state index in [1.54, 1.807) is 7.11 Å². The Bertz CT molecular complexity index is 359. The average molecular weight is 234 g/mol. The number of nitrogens with two attached hydrogens (primary N) is 1. The highest BCUT2D eigenvalue weighted by atomic mass is 16.5. The van der Waals surface area contributed by atoms with E-state index in [0.29, 0.717) is 6.54 Å². The van der Waals surface area contributed by atoms with Crippen molar-refractivity contribution in [2.75, 3.05) is 20.2 Å². The molecule has 1 aliphatic rings. The molecule has 94 valence electrons. The van der Waals surface area contributed by atoms with E-state index in [1.807, 2.05) is 12.1 Å². The molecule has 0 saturated carbocycles. The summed E-state index contributed by atoms with van der Waals surface area (Å²) >= 11 is 0. The zero-order chi connectivity index (χ0) is 12.1. The minimum Gasteiger partial charge on any atom is -0.496 e. The van der Waals surface area contributed by atoms with Crippen molar-refractivity contribution in [3.8, 4) is 5.75 Å². The maximum Gasteiger partial charge on any atom is 0.123 e. The first-order valence-corrected chi connectivity index (χ1v) is 6.41. The summed E-state index contributed by atoms with van der Waals surface area (Å²) in [5.41, 5.74) is 8.13. The summed E-state index contributed by atoms with van der Waals surface area (Å²) in [6, 6.07) is 6.24. The molecule has 1 fully saturated rings. The summed E-state index contributed by atoms with van der Waals surface area (Å²) in [5.74, 6) is 0.979. The molecule has 0 amide bonds. The van der Waals surface area contributed by atoms with E-state index in [4.69, 9.17) is 10.5 Å². The third-order valence-electron chi connectivity index (χ3n) is 3.42. The lowest BCUT2D eigenvalue weighted by atomic mass is 10.1. The molecule has 1 aromatic rings. The van der Waals surface area contributed by atoms with Gasteiger partial charge in [0.2, 0.25) is 0 Å². The number of nitrogens with zero attached hydrogens (tertiary/aromatic N) is 1. The highest BCUT2D eigenvalue weighted by Gasteiger charge is 2.13. The van der Waals surface area contributed by atoms with Crippen LogP contribution in [0.2, 0.25) is 0 Å². The molecular weight excluding hydrogens is 212 g/mol. The van der Waals surface area contributed by atoms with Crippen LogP contribution < -0.4 is 10.5 Å². The van der Waals surface area contributed by atoms with Gasteiger partial charge in [0.15, 0.2) is 0 Å². The Hall–Kier alpha value is -1.06. The largest absolute Gasteiger partial charge is 0.496 e. The van der Waals surface area contributed by atoms with Gasteiger partial charge in [-0.1, -0.05) is 12.5 Å². The molecule has 1 heterocycles. The number of hydrogen-bond donors (Lipinski definition) is 1. The molecule has 3 heteroatoms. The molecule has 0 atom stereocenters. The quantitative estimate of drug-likeness (QED) is 0.867. The van der Waals surface area contributed by atoms with Crippen LogP contribution in [0.4, 0.5) is 0 Å². The third kappa shape index (κ3) is 3.20. The van der Waals surface area contributed by atoms with Gasteiger partial charge >= 0.3 is 0 Å². The first-order valence-electron chi connectivity index (χ1n) is 6.41. The van der Waals surface area contributed by atoms with Crippen molar-refractivity contribution in [3.63, 3.8) is 0 Å². The molecule has 1 aliphatic heterocycles. The Morgan fingerprint density at radius 3 is 2.65 bits per heavy atom. The van der Waals surface area contributed by atoms with E-state index in [1.165, 1.54) is 43.5 Å². The van der Waals surface area contributed by atoms with Gasteiger partial charge in [0.25, 0.3) is 0 Å². The van der Waals surface area contributed by atoms with Crippen molar-refractivity contribution in [1.29, 1.82) is 0 Å². The predicted octanol–water partition coefficient (Wildman–Crippen LogP) is 2.14. The molecule has 0 bridgehead atoms. The standard InChI is InChI=1S/C14H22N2O/c1-17-14-6-5-12(10-15)9-13(14)11-16-7-3-2-4-8-16/h5-6,9H,2-4,7-8,10-11,15H2,1H3. The number of piperidine rings is 1. The Morgan fingerprint density at radius 2 is 2.00 bits per heavy atom. The highest BCUT2D eigenvalue weighted by Crippen LogP contribution is 2.23. The molecule has 0 aromatic heterocycles. The van der Waals surface area contributed by atoms with Crippen molar-refractivity contribution >= 4 is 0 Å². The van der Waals surface area contributed by atoms with Crippen LogP contribution in [0.3, 0.4) is 0 Å². The summed E-state index contributed by atoms with van der Waals surface area (Å²) in [7, 11) is 1.73. The molecule has 1 saturated heterocycles. The topological polar surface area (TPSA) is 38.5 Å². The van der Waals surface area contributed by atoms with Gasteiger partial charge < -0.3 is 10.5 Å². The Labute approximate surface area is 104 Å². The van der Waals surface area contributed by atoms with Crippen LogP contribution >= 0.6 is 0 Å². The van der Waals surface area contributed by atoms with Gasteiger partial charge in [-0.05, 0) is 43.6 Å². The number of ether oxygens (including phenoxy) is 1. The molecule has 0 radical (unpaired) electrons. The Balaban J connectivity index is 2.11. The van der Waals surface area contributed by atoms with E-state index in [-0.39, 0.29) is 0 Å². The molecule has 2 N–H and O–H groups in total. The van der Waals surface area contributed by atoms with Crippen LogP contribution in [-0.2, 0) is 13.1 Å². The molecule has 0 unspecified atom stereocenters. The van der Waals surface area contributed by atoms with E-state index in [9.17, 15) is 0 Å². The fourth-order valence-electron chi connectivity index (χ4n) is 2.44. The lowest BCUT2D eigenvalue weighted by Crippen LogP contribution is -2.29. The van der Waals surface area contributed by atoms with Gasteiger partial charge in [-0.3, -0.25) is 4.90 Å². The summed E-state index contributed by atoms with van der Waals surface area (Å²) in [4.78, 5) is 2.50. The molecule has 1 aromatic carbocycles. The molecule has 0 spiro atoms. The van der Waals surface area contributed by atoms with Crippen molar-refractivity contribution in [3.05, 3.63) is 29.3 Å². The molecular formula is C14H22N2O. The van der Waals surface area contributed by atoms with Gasteiger partial charge in [-0.15, -0.1) is 0 Å². The smallest absolute Gasteiger partial charge is 0.123 e. The predicted molar refractivity (Wildman–Crippen MR) is 70.0 cm³/mol. The van der Waals surface area contributed by atoms with Crippen LogP contribution in [0.25, 0.3) is 0 Å². The van der Waals surface area contributed by atoms with E-state index < -0.39 is 0 Å². The maximum atomic E-state index is 5.69. The second-order valence-corrected chi connectivity index (χ2v) is 4.69. The van der Waals surface area contributed by atoms with E-state index in [0.717, 1.165) is 12.3 Å². The fraction of sp³-hybridized carbons (Fsp3) is 0.571. The molecule has 3 nitrogen and oxygen atoms in total. The zero-order valence-corrected chi connectivity index (χ0v) is 10.6. The number of rotatable bonds is 4. The van der Waals surface area contributed by atoms with E-state index >= 15 is 0 Å². The molecule has 17 heavy (non-hydrogen) atoms. The fourth-order valence-corrected chi connectivity index (χ4v) is 2.44. The highest BCUT2D eigenvalue weighted by molar-refractivity contribution is 5.37. The summed E-state index contributed by atoms with van der Waals surface area (Å²) in [6.07, 6.45) is 4.01. The van der Waals surface area contributed by atoms with Crippen molar-refractivity contribution in [1.82, 2.24) is 4.90 Å². The van der Waals surface area contributed by atoms with Gasteiger partial charge in [-0.25, -0.2) is 0 Å². The van der Waals surface area contributed by atoms with Crippen molar-refractivity contribution in [2.45, 2.75) is 32.4 Å². The maximum absolute atomic E-state index is 5.69. The number of benzene rings is 1. The molecule has 0 aliphatic carbocycles.